The van der Waals surface area contributed by atoms with Gasteiger partial charge in [-0.25, -0.2) is 9.78 Å². The van der Waals surface area contributed by atoms with Gasteiger partial charge in [0.15, 0.2) is 0 Å². The zero-order valence-corrected chi connectivity index (χ0v) is 17.7. The van der Waals surface area contributed by atoms with Gasteiger partial charge in [-0.15, -0.1) is 11.3 Å². The summed E-state index contributed by atoms with van der Waals surface area (Å²) < 4.78 is 10.9. The minimum atomic E-state index is -0.487. The predicted octanol–water partition coefficient (Wildman–Crippen LogP) is 2.93. The molecule has 4 atom stereocenters. The number of benzene rings is 1. The topological polar surface area (TPSA) is 71.9 Å². The molecule has 0 bridgehead atoms. The first kappa shape index (κ1) is 20.3. The van der Waals surface area contributed by atoms with E-state index in [1.165, 1.54) is 12.8 Å². The number of fused-ring (bicyclic) bond motifs is 1. The second-order valence-electron chi connectivity index (χ2n) is 8.10. The molecular weight excluding hydrogens is 388 g/mol. The number of esters is 1. The lowest BCUT2D eigenvalue weighted by Gasteiger charge is -2.35. The average Bonchev–Trinajstić information content (AvgIpc) is 3.31. The molecule has 2 aliphatic rings. The molecule has 2 aromatic rings. The summed E-state index contributed by atoms with van der Waals surface area (Å²) in [4.78, 5) is 18.8. The lowest BCUT2D eigenvalue weighted by Crippen LogP contribution is -2.42. The van der Waals surface area contributed by atoms with E-state index in [2.05, 4.69) is 15.3 Å². The standard InChI is InChI=1S/C22H28N2O4S/c1-14-23-18(13-29-14)6-7-24-11-16-9-20(25)21(10-17(16)12-24)28-19-5-3-4-15(8-19)22(26)27-2/h3-5,8,13,16-17,20-21,25H,6-7,9-12H2,1-2H3/t16-,17+,20+,21+/m0/s1. The maximum Gasteiger partial charge on any atom is 0.337 e. The van der Waals surface area contributed by atoms with Crippen molar-refractivity contribution in [1.82, 2.24) is 9.88 Å². The van der Waals surface area contributed by atoms with Crippen molar-refractivity contribution in [2.24, 2.45) is 11.8 Å². The van der Waals surface area contributed by atoms with Crippen molar-refractivity contribution in [3.63, 3.8) is 0 Å². The summed E-state index contributed by atoms with van der Waals surface area (Å²) >= 11 is 1.70. The third-order valence-electron chi connectivity index (χ3n) is 6.05. The van der Waals surface area contributed by atoms with Crippen LogP contribution in [0.2, 0.25) is 0 Å². The van der Waals surface area contributed by atoms with Gasteiger partial charge in [0.1, 0.15) is 11.9 Å². The molecule has 6 nitrogen and oxygen atoms in total. The van der Waals surface area contributed by atoms with E-state index in [9.17, 15) is 9.90 Å². The second kappa shape index (κ2) is 8.81. The van der Waals surface area contributed by atoms with Gasteiger partial charge >= 0.3 is 5.97 Å². The molecular formula is C22H28N2O4S. The van der Waals surface area contributed by atoms with Crippen molar-refractivity contribution in [3.05, 3.63) is 45.9 Å². The minimum Gasteiger partial charge on any atom is -0.488 e. The first-order valence-corrected chi connectivity index (χ1v) is 11.1. The van der Waals surface area contributed by atoms with E-state index in [-0.39, 0.29) is 12.1 Å². The van der Waals surface area contributed by atoms with E-state index in [1.807, 2.05) is 13.0 Å². The molecule has 0 radical (unpaired) electrons. The molecule has 0 amide bonds. The molecule has 29 heavy (non-hydrogen) atoms. The third kappa shape index (κ3) is 4.79. The van der Waals surface area contributed by atoms with Gasteiger partial charge in [0.2, 0.25) is 0 Å². The van der Waals surface area contributed by atoms with Crippen LogP contribution in [0.15, 0.2) is 29.6 Å². The third-order valence-corrected chi connectivity index (χ3v) is 6.88. The molecule has 4 rings (SSSR count). The summed E-state index contributed by atoms with van der Waals surface area (Å²) in [6.45, 7) is 5.14. The number of carbonyl (C=O) groups is 1. The summed E-state index contributed by atoms with van der Waals surface area (Å²) in [6.07, 6.45) is 1.84. The number of thiazole rings is 1. The lowest BCUT2D eigenvalue weighted by atomic mass is 9.78. The number of ether oxygens (including phenoxy) is 2. The Labute approximate surface area is 175 Å². The Bertz CT molecular complexity index is 855. The van der Waals surface area contributed by atoms with Crippen molar-refractivity contribution in [1.29, 1.82) is 0 Å². The number of methoxy groups -OCH3 is 1. The van der Waals surface area contributed by atoms with Crippen LogP contribution >= 0.6 is 11.3 Å². The first-order chi connectivity index (χ1) is 14.0. The van der Waals surface area contributed by atoms with Gasteiger partial charge in [-0.3, -0.25) is 0 Å². The van der Waals surface area contributed by atoms with Crippen LogP contribution < -0.4 is 4.74 Å². The van der Waals surface area contributed by atoms with Gasteiger partial charge in [-0.1, -0.05) is 6.07 Å². The van der Waals surface area contributed by atoms with Gasteiger partial charge in [0, 0.05) is 31.4 Å². The Morgan fingerprint density at radius 3 is 2.83 bits per heavy atom. The van der Waals surface area contributed by atoms with Gasteiger partial charge in [0.05, 0.1) is 29.5 Å². The Balaban J connectivity index is 1.34. The zero-order chi connectivity index (χ0) is 20.4. The molecule has 0 unspecified atom stereocenters. The molecule has 1 saturated heterocycles. The SMILES string of the molecule is COC(=O)c1cccc(O[C@@H]2C[C@@H]3CN(CCc4csc(C)n4)C[C@@H]3C[C@H]2O)c1. The Hall–Kier alpha value is -1.96. The molecule has 2 heterocycles. The molecule has 2 fully saturated rings. The van der Waals surface area contributed by atoms with E-state index < -0.39 is 6.10 Å². The van der Waals surface area contributed by atoms with E-state index in [4.69, 9.17) is 9.47 Å². The van der Waals surface area contributed by atoms with Crippen LogP contribution in [0, 0.1) is 18.8 Å². The number of likely N-dealkylation sites (tertiary alicyclic amines) is 1. The molecule has 1 aliphatic heterocycles. The maximum absolute atomic E-state index is 11.7. The van der Waals surface area contributed by atoms with Crippen LogP contribution in [0.5, 0.6) is 5.75 Å². The van der Waals surface area contributed by atoms with Gasteiger partial charge in [-0.2, -0.15) is 0 Å². The maximum atomic E-state index is 11.7. The van der Waals surface area contributed by atoms with Crippen LogP contribution in [-0.4, -0.2) is 59.9 Å². The molecule has 0 spiro atoms. The van der Waals surface area contributed by atoms with E-state index in [0.717, 1.165) is 43.9 Å². The first-order valence-electron chi connectivity index (χ1n) is 10.2. The van der Waals surface area contributed by atoms with Crippen LogP contribution in [0.25, 0.3) is 0 Å². The van der Waals surface area contributed by atoms with Crippen molar-refractivity contribution in [2.45, 2.75) is 38.4 Å². The molecule has 1 saturated carbocycles. The number of aliphatic hydroxyl groups excluding tert-OH is 1. The number of aliphatic hydroxyl groups is 1. The number of carbonyl (C=O) groups excluding carboxylic acids is 1. The number of hydrogen-bond donors (Lipinski definition) is 1. The fourth-order valence-corrected chi connectivity index (χ4v) is 5.23. The fraction of sp³-hybridized carbons (Fsp3) is 0.545. The van der Waals surface area contributed by atoms with Crippen molar-refractivity contribution in [3.8, 4) is 5.75 Å². The average molecular weight is 417 g/mol. The number of hydrogen-bond acceptors (Lipinski definition) is 7. The van der Waals surface area contributed by atoms with Gasteiger partial charge < -0.3 is 19.5 Å². The van der Waals surface area contributed by atoms with E-state index in [0.29, 0.717) is 23.1 Å². The summed E-state index contributed by atoms with van der Waals surface area (Å²) in [5.74, 6) is 1.26. The van der Waals surface area contributed by atoms with E-state index >= 15 is 0 Å². The Morgan fingerprint density at radius 2 is 2.10 bits per heavy atom. The minimum absolute atomic E-state index is 0.245. The zero-order valence-electron chi connectivity index (χ0n) is 16.9. The quantitative estimate of drug-likeness (QED) is 0.730. The highest BCUT2D eigenvalue weighted by Gasteiger charge is 2.42. The van der Waals surface area contributed by atoms with Crippen LogP contribution in [0.1, 0.15) is 33.9 Å². The van der Waals surface area contributed by atoms with E-state index in [1.54, 1.807) is 29.5 Å². The predicted molar refractivity (Wildman–Crippen MR) is 111 cm³/mol. The van der Waals surface area contributed by atoms with Crippen molar-refractivity contribution >= 4 is 17.3 Å². The highest BCUT2D eigenvalue weighted by Crippen LogP contribution is 2.38. The molecule has 1 aromatic carbocycles. The number of nitrogens with zero attached hydrogens (tertiary/aromatic N) is 2. The molecule has 1 N–H and O–H groups in total. The highest BCUT2D eigenvalue weighted by molar-refractivity contribution is 7.09. The summed E-state index contributed by atoms with van der Waals surface area (Å²) in [7, 11) is 1.36. The van der Waals surface area contributed by atoms with Gasteiger partial charge in [-0.05, 0) is 49.8 Å². The fourth-order valence-electron chi connectivity index (χ4n) is 4.58. The summed E-state index contributed by atoms with van der Waals surface area (Å²) in [6, 6.07) is 6.98. The monoisotopic (exact) mass is 416 g/mol. The highest BCUT2D eigenvalue weighted by atomic mass is 32.1. The molecule has 1 aromatic heterocycles. The smallest absolute Gasteiger partial charge is 0.337 e. The molecule has 7 heteroatoms. The number of rotatable bonds is 6. The number of aryl methyl sites for hydroxylation is 1. The Kier molecular flexibility index (Phi) is 6.18. The summed E-state index contributed by atoms with van der Waals surface area (Å²) in [5.41, 5.74) is 1.63. The van der Waals surface area contributed by atoms with Crippen molar-refractivity contribution < 1.29 is 19.4 Å². The van der Waals surface area contributed by atoms with Crippen molar-refractivity contribution in [2.75, 3.05) is 26.7 Å². The Morgan fingerprint density at radius 1 is 1.31 bits per heavy atom. The molecule has 1 aliphatic carbocycles. The molecule has 156 valence electrons. The summed E-state index contributed by atoms with van der Waals surface area (Å²) in [5, 5.41) is 13.9. The second-order valence-corrected chi connectivity index (χ2v) is 9.16. The number of aromatic nitrogens is 1. The largest absolute Gasteiger partial charge is 0.488 e. The lowest BCUT2D eigenvalue weighted by molar-refractivity contribution is -0.0231. The van der Waals surface area contributed by atoms with Crippen LogP contribution in [0.4, 0.5) is 0 Å². The van der Waals surface area contributed by atoms with Crippen LogP contribution in [-0.2, 0) is 11.2 Å². The van der Waals surface area contributed by atoms with Gasteiger partial charge in [0.25, 0.3) is 0 Å². The normalized spacial score (nSPS) is 26.9. The van der Waals surface area contributed by atoms with Crippen LogP contribution in [0.3, 0.4) is 0 Å².